The lowest BCUT2D eigenvalue weighted by Gasteiger charge is -2.39. The van der Waals surface area contributed by atoms with Crippen molar-refractivity contribution in [3.63, 3.8) is 0 Å². The van der Waals surface area contributed by atoms with Crippen LogP contribution in [0.15, 0.2) is 51.9 Å². The Morgan fingerprint density at radius 2 is 2.04 bits per heavy atom. The fraction of sp³-hybridized carbons (Fsp3) is 0.400. The number of fused-ring (bicyclic) bond motifs is 2. The second-order valence-corrected chi connectivity index (χ2v) is 8.00. The molecule has 0 unspecified atom stereocenters. The summed E-state index contributed by atoms with van der Waals surface area (Å²) in [5, 5.41) is 0.869. The van der Waals surface area contributed by atoms with Gasteiger partial charge in [-0.25, -0.2) is 0 Å². The molecular weight excluding hydrogens is 332 g/mol. The number of thioether (sulfide) groups is 1. The number of rotatable bonds is 0. The van der Waals surface area contributed by atoms with E-state index in [1.165, 1.54) is 11.1 Å². The minimum atomic E-state index is -0.142. The second-order valence-electron chi connectivity index (χ2n) is 7.02. The van der Waals surface area contributed by atoms with Gasteiger partial charge in [-0.3, -0.25) is 4.79 Å². The zero-order valence-corrected chi connectivity index (χ0v) is 14.8. The molecule has 1 fully saturated rings. The number of benzene rings is 1. The molecule has 4 aliphatic rings. The van der Waals surface area contributed by atoms with Crippen molar-refractivity contribution in [1.82, 2.24) is 4.90 Å². The van der Waals surface area contributed by atoms with Gasteiger partial charge in [0.05, 0.1) is 17.1 Å². The number of carbonyl (C=O) groups excluding carboxylic acids is 1. The van der Waals surface area contributed by atoms with Crippen LogP contribution in [0, 0.1) is 0 Å². The average Bonchev–Trinajstić information content (AvgIpc) is 3.36. The third-order valence-corrected chi connectivity index (χ3v) is 6.80. The molecule has 1 saturated heterocycles. The highest BCUT2D eigenvalue weighted by atomic mass is 32.2. The molecule has 1 amide bonds. The molecule has 3 aliphatic heterocycles. The van der Waals surface area contributed by atoms with E-state index in [2.05, 4.69) is 46.3 Å². The van der Waals surface area contributed by atoms with Gasteiger partial charge in [-0.2, -0.15) is 4.99 Å². The molecular formula is C20H20N2O2S. The summed E-state index contributed by atoms with van der Waals surface area (Å²) in [7, 11) is 0. The van der Waals surface area contributed by atoms with E-state index in [1.54, 1.807) is 11.8 Å². The Balaban J connectivity index is 1.32. The molecule has 0 atom stereocenters. The normalized spacial score (nSPS) is 27.3. The Hall–Kier alpha value is -1.85. The van der Waals surface area contributed by atoms with Crippen molar-refractivity contribution in [2.24, 2.45) is 4.99 Å². The molecule has 5 rings (SSSR count). The number of nitrogens with zero attached hydrogens (tertiary/aromatic N) is 2. The standard InChI is InChI=1S/C20H20N2O2S/c23-18-17(14-5-1-2-6-14)25-19(21-18)22-11-9-20(10-12-22)16-8-4-3-7-15(16)13-24-20/h1,3-5,7-8H,2,6,9-13H2/b17-14+. The van der Waals surface area contributed by atoms with E-state index in [0.717, 1.165) is 54.4 Å². The first kappa shape index (κ1) is 15.4. The second kappa shape index (κ2) is 5.85. The summed E-state index contributed by atoms with van der Waals surface area (Å²) in [6.07, 6.45) is 8.10. The highest BCUT2D eigenvalue weighted by Gasteiger charge is 2.43. The van der Waals surface area contributed by atoms with Gasteiger partial charge in [0.1, 0.15) is 0 Å². The predicted molar refractivity (Wildman–Crippen MR) is 99.1 cm³/mol. The third kappa shape index (κ3) is 2.49. The molecule has 0 aromatic heterocycles. The number of amides is 1. The summed E-state index contributed by atoms with van der Waals surface area (Å²) in [6, 6.07) is 8.56. The molecule has 5 heteroatoms. The minimum Gasteiger partial charge on any atom is -0.365 e. The number of piperidine rings is 1. The lowest BCUT2D eigenvalue weighted by atomic mass is 9.84. The van der Waals surface area contributed by atoms with Crippen molar-refractivity contribution < 1.29 is 9.53 Å². The van der Waals surface area contributed by atoms with Crippen LogP contribution in [0.2, 0.25) is 0 Å². The van der Waals surface area contributed by atoms with Crippen molar-refractivity contribution in [2.75, 3.05) is 13.1 Å². The Kier molecular flexibility index (Phi) is 3.61. The van der Waals surface area contributed by atoms with Gasteiger partial charge < -0.3 is 9.64 Å². The molecule has 1 spiro atoms. The first-order valence-corrected chi connectivity index (χ1v) is 9.75. The zero-order chi connectivity index (χ0) is 16.9. The minimum absolute atomic E-state index is 0.0655. The third-order valence-electron chi connectivity index (χ3n) is 5.63. The molecule has 1 aliphatic carbocycles. The highest BCUT2D eigenvalue weighted by molar-refractivity contribution is 8.18. The number of ether oxygens (including phenoxy) is 1. The number of hydrogen-bond acceptors (Lipinski definition) is 4. The predicted octanol–water partition coefficient (Wildman–Crippen LogP) is 3.74. The Morgan fingerprint density at radius 3 is 2.84 bits per heavy atom. The Labute approximate surface area is 151 Å². The largest absolute Gasteiger partial charge is 0.365 e. The number of likely N-dealkylation sites (tertiary alicyclic amines) is 1. The van der Waals surface area contributed by atoms with E-state index in [9.17, 15) is 4.79 Å². The van der Waals surface area contributed by atoms with Gasteiger partial charge in [0, 0.05) is 13.1 Å². The van der Waals surface area contributed by atoms with Crippen LogP contribution in [0.3, 0.4) is 0 Å². The van der Waals surface area contributed by atoms with Crippen LogP contribution in [0.5, 0.6) is 0 Å². The number of allylic oxidation sites excluding steroid dienone is 3. The number of aliphatic imine (C=N–C) groups is 1. The maximum atomic E-state index is 12.3. The lowest BCUT2D eigenvalue weighted by molar-refractivity contribution is -0.113. The molecule has 4 nitrogen and oxygen atoms in total. The summed E-state index contributed by atoms with van der Waals surface area (Å²) in [6.45, 7) is 2.48. The van der Waals surface area contributed by atoms with Gasteiger partial charge in [0.2, 0.25) is 0 Å². The Bertz CT molecular complexity index is 832. The molecule has 0 saturated carbocycles. The average molecular weight is 352 g/mol. The van der Waals surface area contributed by atoms with Gasteiger partial charge in [-0.1, -0.05) is 36.4 Å². The van der Waals surface area contributed by atoms with Gasteiger partial charge >= 0.3 is 0 Å². The number of amidine groups is 1. The van der Waals surface area contributed by atoms with Gasteiger partial charge in [-0.15, -0.1) is 0 Å². The quantitative estimate of drug-likeness (QED) is 0.667. The first-order chi connectivity index (χ1) is 12.3. The van der Waals surface area contributed by atoms with E-state index in [1.807, 2.05) is 0 Å². The SMILES string of the molecule is O=C1N=C(N2CCC3(CC2)OCc2ccccc23)S/C1=C1\C=CCC1. The van der Waals surface area contributed by atoms with Crippen molar-refractivity contribution >= 4 is 22.8 Å². The number of carbonyl (C=O) groups is 1. The van der Waals surface area contributed by atoms with Gasteiger partial charge in [-0.05, 0) is 54.1 Å². The van der Waals surface area contributed by atoms with E-state index in [0.29, 0.717) is 6.61 Å². The summed E-state index contributed by atoms with van der Waals surface area (Å²) in [4.78, 5) is 19.7. The van der Waals surface area contributed by atoms with Gasteiger partial charge in [0.25, 0.3) is 5.91 Å². The molecule has 25 heavy (non-hydrogen) atoms. The van der Waals surface area contributed by atoms with Crippen LogP contribution >= 0.6 is 11.8 Å². The van der Waals surface area contributed by atoms with Crippen LogP contribution in [0.4, 0.5) is 0 Å². The molecule has 1 aromatic carbocycles. The van der Waals surface area contributed by atoms with Crippen LogP contribution in [0.25, 0.3) is 0 Å². The van der Waals surface area contributed by atoms with E-state index >= 15 is 0 Å². The summed E-state index contributed by atoms with van der Waals surface area (Å²) >= 11 is 1.55. The van der Waals surface area contributed by atoms with E-state index in [4.69, 9.17) is 4.74 Å². The molecule has 128 valence electrons. The number of hydrogen-bond donors (Lipinski definition) is 0. The van der Waals surface area contributed by atoms with Gasteiger partial charge in [0.15, 0.2) is 5.17 Å². The zero-order valence-electron chi connectivity index (χ0n) is 14.0. The van der Waals surface area contributed by atoms with Crippen LogP contribution in [0.1, 0.15) is 36.8 Å². The van der Waals surface area contributed by atoms with Crippen molar-refractivity contribution in [3.8, 4) is 0 Å². The van der Waals surface area contributed by atoms with Crippen LogP contribution in [-0.4, -0.2) is 29.1 Å². The Morgan fingerprint density at radius 1 is 1.20 bits per heavy atom. The molecule has 1 aromatic rings. The molecule has 3 heterocycles. The van der Waals surface area contributed by atoms with Crippen LogP contribution in [-0.2, 0) is 21.7 Å². The van der Waals surface area contributed by atoms with E-state index in [-0.39, 0.29) is 11.5 Å². The highest BCUT2D eigenvalue weighted by Crippen LogP contribution is 2.45. The fourth-order valence-corrected chi connectivity index (χ4v) is 5.28. The summed E-state index contributed by atoms with van der Waals surface area (Å²) in [5.41, 5.74) is 3.68. The summed E-state index contributed by atoms with van der Waals surface area (Å²) in [5.74, 6) is -0.0655. The molecule has 0 N–H and O–H groups in total. The first-order valence-electron chi connectivity index (χ1n) is 8.93. The lowest BCUT2D eigenvalue weighted by Crippen LogP contribution is -2.44. The van der Waals surface area contributed by atoms with Crippen molar-refractivity contribution in [2.45, 2.75) is 37.9 Å². The molecule has 0 radical (unpaired) electrons. The van der Waals surface area contributed by atoms with Crippen LogP contribution < -0.4 is 0 Å². The van der Waals surface area contributed by atoms with Crippen molar-refractivity contribution in [3.05, 3.63) is 58.0 Å². The molecule has 0 bridgehead atoms. The monoisotopic (exact) mass is 352 g/mol. The topological polar surface area (TPSA) is 41.9 Å². The maximum Gasteiger partial charge on any atom is 0.286 e. The van der Waals surface area contributed by atoms with Crippen molar-refractivity contribution in [1.29, 1.82) is 0 Å². The van der Waals surface area contributed by atoms with E-state index < -0.39 is 0 Å². The maximum absolute atomic E-state index is 12.3. The fourth-order valence-electron chi connectivity index (χ4n) is 4.23. The summed E-state index contributed by atoms with van der Waals surface area (Å²) < 4.78 is 6.23. The smallest absolute Gasteiger partial charge is 0.286 e.